The van der Waals surface area contributed by atoms with Crippen molar-refractivity contribution in [3.05, 3.63) is 53.9 Å². The number of carbonyl (C=O) groups excluding carboxylic acids is 1. The zero-order chi connectivity index (χ0) is 18.6. The minimum absolute atomic E-state index is 0.175. The second-order valence-corrected chi connectivity index (χ2v) is 8.31. The second-order valence-electron chi connectivity index (χ2n) is 7.37. The Balaban J connectivity index is 1.69. The number of thioether (sulfide) groups is 1. The van der Waals surface area contributed by atoms with E-state index in [4.69, 9.17) is 0 Å². The summed E-state index contributed by atoms with van der Waals surface area (Å²) in [6.07, 6.45) is 6.95. The van der Waals surface area contributed by atoms with Gasteiger partial charge in [-0.1, -0.05) is 73.5 Å². The van der Waals surface area contributed by atoms with Gasteiger partial charge in [-0.15, -0.1) is 10.2 Å². The van der Waals surface area contributed by atoms with E-state index in [0.29, 0.717) is 11.8 Å². The fourth-order valence-corrected chi connectivity index (χ4v) is 4.84. The number of fused-ring (bicyclic) bond motifs is 1. The summed E-state index contributed by atoms with van der Waals surface area (Å²) in [5.41, 5.74) is 1.28. The van der Waals surface area contributed by atoms with Crippen LogP contribution < -0.4 is 0 Å². The Labute approximate surface area is 164 Å². The van der Waals surface area contributed by atoms with E-state index in [9.17, 15) is 4.79 Å². The molecule has 1 saturated carbocycles. The Hall–Kier alpha value is -2.14. The van der Waals surface area contributed by atoms with E-state index in [2.05, 4.69) is 57.2 Å². The van der Waals surface area contributed by atoms with Crippen LogP contribution in [0.3, 0.4) is 0 Å². The molecule has 0 bridgehead atoms. The molecule has 1 aromatic heterocycles. The largest absolute Gasteiger partial charge is 0.303 e. The quantitative estimate of drug-likeness (QED) is 0.552. The van der Waals surface area contributed by atoms with Crippen molar-refractivity contribution in [3.8, 4) is 0 Å². The van der Waals surface area contributed by atoms with Crippen LogP contribution in [0.2, 0.25) is 0 Å². The van der Waals surface area contributed by atoms with Crippen molar-refractivity contribution in [1.82, 2.24) is 14.8 Å². The molecule has 1 aliphatic carbocycles. The Kier molecular flexibility index (Phi) is 5.58. The summed E-state index contributed by atoms with van der Waals surface area (Å²) in [5, 5.41) is 12.4. The molecule has 0 saturated heterocycles. The van der Waals surface area contributed by atoms with E-state index < -0.39 is 0 Å². The van der Waals surface area contributed by atoms with Crippen LogP contribution in [0.4, 0.5) is 0 Å². The smallest absolute Gasteiger partial charge is 0.191 e. The van der Waals surface area contributed by atoms with Gasteiger partial charge in [-0.05, 0) is 36.1 Å². The number of nitrogens with zero attached hydrogens (tertiary/aromatic N) is 3. The Bertz CT molecular complexity index is 938. The third-order valence-electron chi connectivity index (χ3n) is 5.31. The van der Waals surface area contributed by atoms with Gasteiger partial charge in [-0.3, -0.25) is 4.79 Å². The summed E-state index contributed by atoms with van der Waals surface area (Å²) in [6.45, 7) is 1.63. The maximum atomic E-state index is 11.5. The molecule has 5 heteroatoms. The van der Waals surface area contributed by atoms with Gasteiger partial charge >= 0.3 is 0 Å². The first-order chi connectivity index (χ1) is 13.2. The predicted molar refractivity (Wildman–Crippen MR) is 110 cm³/mol. The molecule has 0 spiro atoms. The van der Waals surface area contributed by atoms with Gasteiger partial charge in [-0.25, -0.2) is 0 Å². The normalized spacial score (nSPS) is 15.3. The highest BCUT2D eigenvalue weighted by Crippen LogP contribution is 2.33. The molecule has 0 N–H and O–H groups in total. The van der Waals surface area contributed by atoms with E-state index in [-0.39, 0.29) is 5.78 Å². The van der Waals surface area contributed by atoms with Gasteiger partial charge in [0.15, 0.2) is 5.16 Å². The van der Waals surface area contributed by atoms with Gasteiger partial charge in [0.25, 0.3) is 0 Å². The van der Waals surface area contributed by atoms with E-state index >= 15 is 0 Å². The molecule has 4 rings (SSSR count). The number of rotatable bonds is 6. The van der Waals surface area contributed by atoms with Gasteiger partial charge in [-0.2, -0.15) is 0 Å². The molecule has 1 aliphatic rings. The average molecular weight is 380 g/mol. The molecule has 1 heterocycles. The van der Waals surface area contributed by atoms with Gasteiger partial charge in [0, 0.05) is 12.5 Å². The Morgan fingerprint density at radius 2 is 1.85 bits per heavy atom. The maximum Gasteiger partial charge on any atom is 0.191 e. The van der Waals surface area contributed by atoms with Crippen molar-refractivity contribution in [1.29, 1.82) is 0 Å². The molecule has 0 unspecified atom stereocenters. The number of ketones is 1. The summed E-state index contributed by atoms with van der Waals surface area (Å²) in [4.78, 5) is 11.5. The molecule has 0 atom stereocenters. The molecule has 3 aromatic rings. The van der Waals surface area contributed by atoms with Crippen molar-refractivity contribution < 1.29 is 4.79 Å². The van der Waals surface area contributed by atoms with Gasteiger partial charge in [0.1, 0.15) is 11.6 Å². The van der Waals surface area contributed by atoms with Crippen LogP contribution in [-0.2, 0) is 11.2 Å². The summed E-state index contributed by atoms with van der Waals surface area (Å²) in [6, 6.07) is 15.4. The highest BCUT2D eigenvalue weighted by Gasteiger charge is 2.23. The minimum Gasteiger partial charge on any atom is -0.303 e. The first-order valence-corrected chi connectivity index (χ1v) is 10.7. The third-order valence-corrected chi connectivity index (χ3v) is 6.40. The molecule has 0 aliphatic heterocycles. The lowest BCUT2D eigenvalue weighted by Crippen LogP contribution is -2.17. The third kappa shape index (κ3) is 4.08. The molecule has 0 radical (unpaired) electrons. The molecule has 27 heavy (non-hydrogen) atoms. The molecular weight excluding hydrogens is 354 g/mol. The number of aromatic nitrogens is 3. The Morgan fingerprint density at radius 3 is 2.67 bits per heavy atom. The summed E-state index contributed by atoms with van der Waals surface area (Å²) >= 11 is 1.52. The zero-order valence-corrected chi connectivity index (χ0v) is 16.5. The molecule has 2 aromatic carbocycles. The number of hydrogen-bond donors (Lipinski definition) is 0. The van der Waals surface area contributed by atoms with Gasteiger partial charge < -0.3 is 4.57 Å². The molecule has 4 nitrogen and oxygen atoms in total. The van der Waals surface area contributed by atoms with E-state index in [1.165, 1.54) is 60.2 Å². The molecule has 140 valence electrons. The lowest BCUT2D eigenvalue weighted by molar-refractivity contribution is -0.114. The lowest BCUT2D eigenvalue weighted by Gasteiger charge is -2.25. The number of carbonyl (C=O) groups is 1. The van der Waals surface area contributed by atoms with Crippen LogP contribution in [0.25, 0.3) is 10.8 Å². The molecular formula is C22H25N3OS. The fraction of sp³-hybridized carbons (Fsp3) is 0.409. The summed E-state index contributed by atoms with van der Waals surface area (Å²) < 4.78 is 2.33. The SMILES string of the molecule is CC(=O)CSc1nnc(Cc2cccc3ccccc23)n1C1CCCCC1. The fourth-order valence-electron chi connectivity index (χ4n) is 4.02. The first-order valence-electron chi connectivity index (χ1n) is 9.75. The topological polar surface area (TPSA) is 47.8 Å². The monoisotopic (exact) mass is 379 g/mol. The van der Waals surface area contributed by atoms with Crippen molar-refractivity contribution >= 4 is 28.3 Å². The highest BCUT2D eigenvalue weighted by molar-refractivity contribution is 7.99. The van der Waals surface area contributed by atoms with Gasteiger partial charge in [0.05, 0.1) is 5.75 Å². The summed E-state index contributed by atoms with van der Waals surface area (Å²) in [5.74, 6) is 1.65. The van der Waals surface area contributed by atoms with Crippen LogP contribution in [0.1, 0.15) is 56.5 Å². The first kappa shape index (κ1) is 18.2. The number of benzene rings is 2. The zero-order valence-electron chi connectivity index (χ0n) is 15.7. The maximum absolute atomic E-state index is 11.5. The Morgan fingerprint density at radius 1 is 1.07 bits per heavy atom. The van der Waals surface area contributed by atoms with Crippen molar-refractivity contribution in [3.63, 3.8) is 0 Å². The number of hydrogen-bond acceptors (Lipinski definition) is 4. The van der Waals surface area contributed by atoms with E-state index in [1.54, 1.807) is 6.92 Å². The minimum atomic E-state index is 0.175. The standard InChI is InChI=1S/C22H25N3OS/c1-16(26)15-27-22-24-23-21(25(22)19-11-3-2-4-12-19)14-18-10-7-9-17-8-5-6-13-20(17)18/h5-10,13,19H,2-4,11-12,14-15H2,1H3. The van der Waals surface area contributed by atoms with Crippen LogP contribution in [-0.4, -0.2) is 26.3 Å². The van der Waals surface area contributed by atoms with Crippen molar-refractivity contribution in [2.75, 3.05) is 5.75 Å². The van der Waals surface area contributed by atoms with Crippen LogP contribution in [0.15, 0.2) is 47.6 Å². The van der Waals surface area contributed by atoms with Crippen LogP contribution >= 0.6 is 11.8 Å². The number of Topliss-reactive ketones (excluding diaryl/α,β-unsaturated/α-hetero) is 1. The summed E-state index contributed by atoms with van der Waals surface area (Å²) in [7, 11) is 0. The molecule has 1 fully saturated rings. The van der Waals surface area contributed by atoms with E-state index in [1.807, 2.05) is 0 Å². The average Bonchev–Trinajstić information content (AvgIpc) is 3.10. The van der Waals surface area contributed by atoms with E-state index in [0.717, 1.165) is 17.4 Å². The molecule has 0 amide bonds. The van der Waals surface area contributed by atoms with Crippen LogP contribution in [0.5, 0.6) is 0 Å². The second kappa shape index (κ2) is 8.26. The van der Waals surface area contributed by atoms with Crippen molar-refractivity contribution in [2.24, 2.45) is 0 Å². The van der Waals surface area contributed by atoms with Crippen molar-refractivity contribution in [2.45, 2.75) is 56.6 Å². The lowest BCUT2D eigenvalue weighted by atomic mass is 9.95. The van der Waals surface area contributed by atoms with Gasteiger partial charge in [0.2, 0.25) is 0 Å². The highest BCUT2D eigenvalue weighted by atomic mass is 32.2. The van der Waals surface area contributed by atoms with Crippen LogP contribution in [0, 0.1) is 0 Å². The predicted octanol–water partition coefficient (Wildman–Crippen LogP) is 5.21.